The Balaban J connectivity index is 2.64. The Morgan fingerprint density at radius 2 is 2.44 bits per heavy atom. The summed E-state index contributed by atoms with van der Waals surface area (Å²) in [5.41, 5.74) is 4.59. The Bertz CT molecular complexity index is 146. The lowest BCUT2D eigenvalue weighted by Gasteiger charge is -2.40. The van der Waals surface area contributed by atoms with Crippen molar-refractivity contribution in [2.45, 2.75) is 25.3 Å². The third-order valence-corrected chi connectivity index (χ3v) is 2.27. The maximum Gasteiger partial charge on any atom is 0.323 e. The fourth-order valence-electron chi connectivity index (χ4n) is 1.06. The van der Waals surface area contributed by atoms with Gasteiger partial charge in [0.2, 0.25) is 0 Å². The Morgan fingerprint density at radius 3 is 2.44 bits per heavy atom. The molecular weight excluding hydrogens is 118 g/mol. The average Bonchev–Trinajstić information content (AvgIpc) is 1.82. The number of rotatable bonds is 1. The van der Waals surface area contributed by atoms with E-state index in [1.807, 2.05) is 6.92 Å². The van der Waals surface area contributed by atoms with E-state index in [1.165, 1.54) is 0 Å². The van der Waals surface area contributed by atoms with Gasteiger partial charge in [0.15, 0.2) is 0 Å². The highest BCUT2D eigenvalue weighted by Crippen LogP contribution is 2.35. The summed E-state index contributed by atoms with van der Waals surface area (Å²) in [5.74, 6) is -0.712. The van der Waals surface area contributed by atoms with Gasteiger partial charge in [0.05, 0.1) is 0 Å². The van der Waals surface area contributed by atoms with Crippen LogP contribution in [0.15, 0.2) is 0 Å². The normalized spacial score (nSPS) is 41.8. The highest BCUT2D eigenvalue weighted by atomic mass is 16.4. The van der Waals surface area contributed by atoms with Gasteiger partial charge in [-0.25, -0.2) is 0 Å². The number of aliphatic carboxylic acids is 1. The molecule has 0 bridgehead atoms. The van der Waals surface area contributed by atoms with Gasteiger partial charge in [-0.3, -0.25) is 4.79 Å². The second-order valence-corrected chi connectivity index (χ2v) is 2.79. The van der Waals surface area contributed by atoms with E-state index >= 15 is 0 Å². The predicted octanol–water partition coefficient (Wildman–Crippen LogP) is 0.198. The molecule has 3 heteroatoms. The second kappa shape index (κ2) is 1.70. The van der Waals surface area contributed by atoms with Crippen LogP contribution in [-0.4, -0.2) is 16.6 Å². The molecule has 0 aromatic heterocycles. The molecule has 0 aliphatic heterocycles. The quantitative estimate of drug-likeness (QED) is 0.531. The molecule has 1 fully saturated rings. The van der Waals surface area contributed by atoms with Crippen LogP contribution in [0.5, 0.6) is 0 Å². The largest absolute Gasteiger partial charge is 0.480 e. The summed E-state index contributed by atoms with van der Waals surface area (Å²) in [6.45, 7) is 1.87. The van der Waals surface area contributed by atoms with E-state index in [0.717, 1.165) is 6.42 Å². The highest BCUT2D eigenvalue weighted by molar-refractivity contribution is 5.80. The zero-order chi connectivity index (χ0) is 7.07. The molecule has 0 radical (unpaired) electrons. The molecule has 9 heavy (non-hydrogen) atoms. The van der Waals surface area contributed by atoms with Crippen LogP contribution in [0, 0.1) is 5.92 Å². The second-order valence-electron chi connectivity index (χ2n) is 2.79. The standard InChI is InChI=1S/C6H11NO2/c1-4-2-3-6(4,7)5(8)9/h4H,2-3,7H2,1H3,(H,8,9)/t4-,6-/m0/s1. The molecule has 0 aromatic carbocycles. The molecule has 0 unspecified atom stereocenters. The van der Waals surface area contributed by atoms with Crippen molar-refractivity contribution in [2.24, 2.45) is 11.7 Å². The molecular formula is C6H11NO2. The Morgan fingerprint density at radius 1 is 1.89 bits per heavy atom. The van der Waals surface area contributed by atoms with E-state index in [-0.39, 0.29) is 5.92 Å². The lowest BCUT2D eigenvalue weighted by Crippen LogP contribution is -2.59. The van der Waals surface area contributed by atoms with Crippen molar-refractivity contribution in [3.8, 4) is 0 Å². The van der Waals surface area contributed by atoms with Gasteiger partial charge >= 0.3 is 5.97 Å². The van der Waals surface area contributed by atoms with Crippen LogP contribution in [-0.2, 0) is 4.79 Å². The Kier molecular flexibility index (Phi) is 1.24. The van der Waals surface area contributed by atoms with Gasteiger partial charge in [-0.1, -0.05) is 6.92 Å². The first kappa shape index (κ1) is 6.55. The van der Waals surface area contributed by atoms with Gasteiger partial charge in [-0.15, -0.1) is 0 Å². The minimum absolute atomic E-state index is 0.148. The van der Waals surface area contributed by atoms with Crippen LogP contribution in [0.2, 0.25) is 0 Å². The average molecular weight is 129 g/mol. The van der Waals surface area contributed by atoms with Gasteiger partial charge in [0.25, 0.3) is 0 Å². The smallest absolute Gasteiger partial charge is 0.323 e. The number of hydrogen-bond acceptors (Lipinski definition) is 2. The molecule has 1 aliphatic carbocycles. The molecule has 0 spiro atoms. The summed E-state index contributed by atoms with van der Waals surface area (Å²) in [7, 11) is 0. The summed E-state index contributed by atoms with van der Waals surface area (Å²) >= 11 is 0. The van der Waals surface area contributed by atoms with Crippen LogP contribution < -0.4 is 5.73 Å². The van der Waals surface area contributed by atoms with E-state index in [4.69, 9.17) is 10.8 Å². The van der Waals surface area contributed by atoms with Gasteiger partial charge in [-0.05, 0) is 18.8 Å². The van der Waals surface area contributed by atoms with Gasteiger partial charge < -0.3 is 10.8 Å². The Labute approximate surface area is 53.9 Å². The number of carbonyl (C=O) groups is 1. The van der Waals surface area contributed by atoms with Crippen molar-refractivity contribution in [3.63, 3.8) is 0 Å². The summed E-state index contributed by atoms with van der Waals surface area (Å²) in [6, 6.07) is 0. The number of hydrogen-bond donors (Lipinski definition) is 2. The molecule has 3 nitrogen and oxygen atoms in total. The molecule has 1 aliphatic rings. The Hall–Kier alpha value is -0.570. The highest BCUT2D eigenvalue weighted by Gasteiger charge is 2.46. The number of carboxylic acid groups (broad SMARTS) is 1. The zero-order valence-corrected chi connectivity index (χ0v) is 5.42. The third kappa shape index (κ3) is 0.721. The van der Waals surface area contributed by atoms with Crippen LogP contribution in [0.4, 0.5) is 0 Å². The first-order chi connectivity index (χ1) is 4.07. The summed E-state index contributed by atoms with van der Waals surface area (Å²) in [5, 5.41) is 8.54. The van der Waals surface area contributed by atoms with Crippen LogP contribution >= 0.6 is 0 Å². The molecule has 0 heterocycles. The van der Waals surface area contributed by atoms with Crippen molar-refractivity contribution in [2.75, 3.05) is 0 Å². The minimum Gasteiger partial charge on any atom is -0.480 e. The SMILES string of the molecule is C[C@H]1CC[C@@]1(N)C(=O)O. The van der Waals surface area contributed by atoms with E-state index in [2.05, 4.69) is 0 Å². The van der Waals surface area contributed by atoms with E-state index in [9.17, 15) is 4.79 Å². The van der Waals surface area contributed by atoms with Crippen molar-refractivity contribution in [1.29, 1.82) is 0 Å². The summed E-state index contributed by atoms with van der Waals surface area (Å²) in [4.78, 5) is 10.4. The molecule has 0 aromatic rings. The molecule has 1 saturated carbocycles. The summed E-state index contributed by atoms with van der Waals surface area (Å²) < 4.78 is 0. The van der Waals surface area contributed by atoms with Gasteiger partial charge in [0.1, 0.15) is 5.54 Å². The molecule has 2 atom stereocenters. The molecule has 0 amide bonds. The molecule has 1 rings (SSSR count). The van der Waals surface area contributed by atoms with Crippen molar-refractivity contribution in [3.05, 3.63) is 0 Å². The van der Waals surface area contributed by atoms with E-state index < -0.39 is 11.5 Å². The molecule has 0 saturated heterocycles. The monoisotopic (exact) mass is 129 g/mol. The fourth-order valence-corrected chi connectivity index (χ4v) is 1.06. The van der Waals surface area contributed by atoms with Crippen molar-refractivity contribution >= 4 is 5.97 Å². The fraction of sp³-hybridized carbons (Fsp3) is 0.833. The molecule has 52 valence electrons. The number of carboxylic acids is 1. The lowest BCUT2D eigenvalue weighted by atomic mass is 9.68. The van der Waals surface area contributed by atoms with E-state index in [0.29, 0.717) is 6.42 Å². The maximum atomic E-state index is 10.4. The first-order valence-corrected chi connectivity index (χ1v) is 3.09. The topological polar surface area (TPSA) is 63.3 Å². The minimum atomic E-state index is -0.903. The lowest BCUT2D eigenvalue weighted by molar-refractivity contribution is -0.149. The molecule has 3 N–H and O–H groups in total. The van der Waals surface area contributed by atoms with Crippen molar-refractivity contribution in [1.82, 2.24) is 0 Å². The van der Waals surface area contributed by atoms with Crippen LogP contribution in [0.25, 0.3) is 0 Å². The number of nitrogens with two attached hydrogens (primary N) is 1. The van der Waals surface area contributed by atoms with E-state index in [1.54, 1.807) is 0 Å². The first-order valence-electron chi connectivity index (χ1n) is 3.09. The zero-order valence-electron chi connectivity index (χ0n) is 5.42. The van der Waals surface area contributed by atoms with Gasteiger partial charge in [-0.2, -0.15) is 0 Å². The van der Waals surface area contributed by atoms with Crippen molar-refractivity contribution < 1.29 is 9.90 Å². The summed E-state index contributed by atoms with van der Waals surface area (Å²) in [6.07, 6.45) is 1.58. The maximum absolute atomic E-state index is 10.4. The van der Waals surface area contributed by atoms with Crippen LogP contribution in [0.1, 0.15) is 19.8 Å². The third-order valence-electron chi connectivity index (χ3n) is 2.27. The van der Waals surface area contributed by atoms with Gasteiger partial charge in [0, 0.05) is 0 Å². The predicted molar refractivity (Wildman–Crippen MR) is 33.0 cm³/mol. The van der Waals surface area contributed by atoms with Crippen LogP contribution in [0.3, 0.4) is 0 Å².